The summed E-state index contributed by atoms with van der Waals surface area (Å²) in [5.41, 5.74) is 0.274. The molecule has 1 aliphatic heterocycles. The average Bonchev–Trinajstić information content (AvgIpc) is 2.84. The van der Waals surface area contributed by atoms with Crippen molar-refractivity contribution in [3.05, 3.63) is 34.1 Å². The van der Waals surface area contributed by atoms with E-state index in [2.05, 4.69) is 15.9 Å². The molecular weight excluding hydrogens is 393 g/mol. The van der Waals surface area contributed by atoms with Gasteiger partial charge in [0.2, 0.25) is 11.8 Å². The molecule has 0 aromatic heterocycles. The molecule has 0 radical (unpaired) electrons. The molecule has 1 saturated carbocycles. The van der Waals surface area contributed by atoms with E-state index in [1.807, 2.05) is 0 Å². The van der Waals surface area contributed by atoms with Crippen LogP contribution in [0, 0.1) is 17.7 Å². The Morgan fingerprint density at radius 1 is 1.20 bits per heavy atom. The predicted molar refractivity (Wildman–Crippen MR) is 90.7 cm³/mol. The van der Waals surface area contributed by atoms with Crippen LogP contribution in [0.3, 0.4) is 0 Å². The second kappa shape index (κ2) is 7.64. The van der Waals surface area contributed by atoms with E-state index in [0.29, 0.717) is 4.47 Å². The molecule has 0 bridgehead atoms. The second-order valence-corrected chi connectivity index (χ2v) is 7.39. The van der Waals surface area contributed by atoms with Gasteiger partial charge in [-0.15, -0.1) is 0 Å². The van der Waals surface area contributed by atoms with Crippen LogP contribution in [-0.4, -0.2) is 29.2 Å². The molecule has 1 heterocycles. The maximum atomic E-state index is 13.7. The number of esters is 1. The number of hydrogen-bond acceptors (Lipinski definition) is 4. The lowest BCUT2D eigenvalue weighted by atomic mass is 9.81. The summed E-state index contributed by atoms with van der Waals surface area (Å²) >= 11 is 3.16. The molecule has 5 nitrogen and oxygen atoms in total. The highest BCUT2D eigenvalue weighted by Gasteiger charge is 2.47. The summed E-state index contributed by atoms with van der Waals surface area (Å²) in [4.78, 5) is 37.7. The summed E-state index contributed by atoms with van der Waals surface area (Å²) in [7, 11) is 0. The van der Waals surface area contributed by atoms with Crippen molar-refractivity contribution in [3.8, 4) is 0 Å². The Balaban J connectivity index is 1.50. The van der Waals surface area contributed by atoms with E-state index in [1.165, 1.54) is 17.0 Å². The largest absolute Gasteiger partial charge is 0.461 e. The molecule has 1 saturated heterocycles. The van der Waals surface area contributed by atoms with Crippen LogP contribution in [0.4, 0.5) is 4.39 Å². The van der Waals surface area contributed by atoms with Crippen molar-refractivity contribution in [3.63, 3.8) is 0 Å². The predicted octanol–water partition coefficient (Wildman–Crippen LogP) is 3.20. The van der Waals surface area contributed by atoms with Gasteiger partial charge in [-0.3, -0.25) is 19.3 Å². The summed E-state index contributed by atoms with van der Waals surface area (Å²) in [6.45, 7) is -0.141. The lowest BCUT2D eigenvalue weighted by Gasteiger charge is -2.19. The Morgan fingerprint density at radius 2 is 1.84 bits per heavy atom. The number of halogens is 2. The molecule has 1 aromatic carbocycles. The molecule has 1 aliphatic carbocycles. The molecule has 2 aliphatic rings. The molecule has 1 aromatic rings. The standard InChI is InChI=1S/C18H19BrFNO4/c19-12-6-5-11(15(20)9-12)10-25-16(22)7-8-21-17(23)13-3-1-2-4-14(13)18(21)24/h5-6,9,13-14H,1-4,7-8,10H2/t13-,14-/m0/s1. The smallest absolute Gasteiger partial charge is 0.307 e. The van der Waals surface area contributed by atoms with Crippen molar-refractivity contribution < 1.29 is 23.5 Å². The van der Waals surface area contributed by atoms with Crippen LogP contribution in [0.2, 0.25) is 0 Å². The minimum Gasteiger partial charge on any atom is -0.461 e. The van der Waals surface area contributed by atoms with E-state index in [4.69, 9.17) is 4.74 Å². The van der Waals surface area contributed by atoms with Gasteiger partial charge in [0.15, 0.2) is 0 Å². The third-order valence-electron chi connectivity index (χ3n) is 4.88. The van der Waals surface area contributed by atoms with Gasteiger partial charge in [0, 0.05) is 16.6 Å². The van der Waals surface area contributed by atoms with Crippen molar-refractivity contribution in [1.82, 2.24) is 4.90 Å². The zero-order valence-electron chi connectivity index (χ0n) is 13.7. The number of fused-ring (bicyclic) bond motifs is 1. The number of nitrogens with zero attached hydrogens (tertiary/aromatic N) is 1. The number of ether oxygens (including phenoxy) is 1. The Bertz CT molecular complexity index is 684. The minimum atomic E-state index is -0.558. The fourth-order valence-corrected chi connectivity index (χ4v) is 3.86. The fourth-order valence-electron chi connectivity index (χ4n) is 3.52. The first-order valence-corrected chi connectivity index (χ1v) is 9.21. The lowest BCUT2D eigenvalue weighted by Crippen LogP contribution is -2.33. The van der Waals surface area contributed by atoms with E-state index in [-0.39, 0.29) is 48.8 Å². The maximum absolute atomic E-state index is 13.7. The summed E-state index contributed by atoms with van der Waals surface area (Å²) in [6.07, 6.45) is 3.36. The zero-order chi connectivity index (χ0) is 18.0. The Kier molecular flexibility index (Phi) is 5.51. The monoisotopic (exact) mass is 411 g/mol. The van der Waals surface area contributed by atoms with Crippen LogP contribution in [0.5, 0.6) is 0 Å². The molecule has 0 spiro atoms. The van der Waals surface area contributed by atoms with Crippen molar-refractivity contribution in [2.75, 3.05) is 6.54 Å². The van der Waals surface area contributed by atoms with Crippen molar-refractivity contribution in [1.29, 1.82) is 0 Å². The number of likely N-dealkylation sites (tertiary alicyclic amines) is 1. The molecule has 7 heteroatoms. The minimum absolute atomic E-state index is 0.0340. The quantitative estimate of drug-likeness (QED) is 0.551. The number of benzene rings is 1. The number of carbonyl (C=O) groups is 3. The van der Waals surface area contributed by atoms with Gasteiger partial charge in [0.1, 0.15) is 12.4 Å². The Hall–Kier alpha value is -1.76. The Labute approximate surface area is 153 Å². The van der Waals surface area contributed by atoms with Crippen LogP contribution in [0.15, 0.2) is 22.7 Å². The summed E-state index contributed by atoms with van der Waals surface area (Å²) in [6, 6.07) is 4.49. The summed E-state index contributed by atoms with van der Waals surface area (Å²) in [5.74, 6) is -1.78. The molecule has 2 fully saturated rings. The third-order valence-corrected chi connectivity index (χ3v) is 5.37. The van der Waals surface area contributed by atoms with Crippen LogP contribution in [0.25, 0.3) is 0 Å². The van der Waals surface area contributed by atoms with E-state index in [1.54, 1.807) is 6.07 Å². The highest BCUT2D eigenvalue weighted by atomic mass is 79.9. The molecule has 134 valence electrons. The maximum Gasteiger partial charge on any atom is 0.307 e. The third kappa shape index (κ3) is 3.92. The van der Waals surface area contributed by atoms with Crippen LogP contribution in [0.1, 0.15) is 37.7 Å². The molecule has 2 amide bonds. The molecule has 0 N–H and O–H groups in total. The van der Waals surface area contributed by atoms with E-state index in [0.717, 1.165) is 25.7 Å². The van der Waals surface area contributed by atoms with Gasteiger partial charge in [-0.05, 0) is 25.0 Å². The van der Waals surface area contributed by atoms with Gasteiger partial charge in [0.25, 0.3) is 0 Å². The van der Waals surface area contributed by atoms with Crippen LogP contribution >= 0.6 is 15.9 Å². The fraction of sp³-hybridized carbons (Fsp3) is 0.500. The first kappa shape index (κ1) is 18.0. The van der Waals surface area contributed by atoms with Gasteiger partial charge < -0.3 is 4.74 Å². The second-order valence-electron chi connectivity index (χ2n) is 6.47. The molecular formula is C18H19BrFNO4. The SMILES string of the molecule is O=C(CCN1C(=O)[C@H]2CCCC[C@@H]2C1=O)OCc1ccc(Br)cc1F. The highest BCUT2D eigenvalue weighted by molar-refractivity contribution is 9.10. The normalized spacial score (nSPS) is 22.9. The van der Waals surface area contributed by atoms with Gasteiger partial charge >= 0.3 is 5.97 Å². The van der Waals surface area contributed by atoms with Crippen molar-refractivity contribution >= 4 is 33.7 Å². The van der Waals surface area contributed by atoms with Crippen LogP contribution < -0.4 is 0 Å². The van der Waals surface area contributed by atoms with Gasteiger partial charge in [-0.2, -0.15) is 0 Å². The number of hydrogen-bond donors (Lipinski definition) is 0. The van der Waals surface area contributed by atoms with Crippen LogP contribution in [-0.2, 0) is 25.7 Å². The van der Waals surface area contributed by atoms with Gasteiger partial charge in [0.05, 0.1) is 18.3 Å². The molecule has 25 heavy (non-hydrogen) atoms. The van der Waals surface area contributed by atoms with Crippen molar-refractivity contribution in [2.45, 2.75) is 38.7 Å². The summed E-state index contributed by atoms with van der Waals surface area (Å²) in [5, 5.41) is 0. The number of amides is 2. The van der Waals surface area contributed by atoms with E-state index in [9.17, 15) is 18.8 Å². The summed E-state index contributed by atoms with van der Waals surface area (Å²) < 4.78 is 19.3. The average molecular weight is 412 g/mol. The molecule has 3 rings (SSSR count). The van der Waals surface area contributed by atoms with E-state index >= 15 is 0 Å². The Morgan fingerprint density at radius 3 is 2.44 bits per heavy atom. The zero-order valence-corrected chi connectivity index (χ0v) is 15.3. The van der Waals surface area contributed by atoms with Gasteiger partial charge in [-0.25, -0.2) is 4.39 Å². The first-order chi connectivity index (χ1) is 12.0. The molecule has 0 unspecified atom stereocenters. The first-order valence-electron chi connectivity index (χ1n) is 8.42. The number of rotatable bonds is 5. The van der Waals surface area contributed by atoms with Crippen molar-refractivity contribution in [2.24, 2.45) is 11.8 Å². The number of carbonyl (C=O) groups excluding carboxylic acids is 3. The highest BCUT2D eigenvalue weighted by Crippen LogP contribution is 2.37. The molecule has 2 atom stereocenters. The lowest BCUT2D eigenvalue weighted by molar-refractivity contribution is -0.146. The topological polar surface area (TPSA) is 63.7 Å². The number of imide groups is 1. The van der Waals surface area contributed by atoms with E-state index < -0.39 is 11.8 Å². The van der Waals surface area contributed by atoms with Gasteiger partial charge in [-0.1, -0.05) is 34.8 Å².